The molecule has 0 bridgehead atoms. The lowest BCUT2D eigenvalue weighted by atomic mass is 9.79. The molecule has 2 aliphatic heterocycles. The molecule has 7 unspecified atom stereocenters. The van der Waals surface area contributed by atoms with Crippen LogP contribution < -0.4 is 0 Å². The number of carbonyl (C=O) groups excluding carboxylic acids is 3. The Morgan fingerprint density at radius 1 is 1.10 bits per heavy atom. The molecule has 1 saturated heterocycles. The van der Waals surface area contributed by atoms with Crippen molar-refractivity contribution in [3.8, 4) is 0 Å². The maximum absolute atomic E-state index is 13.1. The Bertz CT molecular complexity index is 952. The molecule has 0 aromatic heterocycles. The van der Waals surface area contributed by atoms with E-state index < -0.39 is 78.6 Å². The van der Waals surface area contributed by atoms with Gasteiger partial charge in [0, 0.05) is 24.2 Å². The molecular formula is C31H51NO10. The monoisotopic (exact) mass is 597 g/mol. The largest absolute Gasteiger partial charge is 0.462 e. The fraction of sp³-hybridized carbons (Fsp3) is 0.774. The number of aliphatic hydroxyl groups excluding tert-OH is 4. The lowest BCUT2D eigenvalue weighted by Crippen LogP contribution is -2.63. The van der Waals surface area contributed by atoms with Crippen LogP contribution in [0.25, 0.3) is 0 Å². The number of allylic oxidation sites excluding steroid dienone is 3. The van der Waals surface area contributed by atoms with Crippen LogP contribution in [-0.4, -0.2) is 113 Å². The molecule has 42 heavy (non-hydrogen) atoms. The van der Waals surface area contributed by atoms with Crippen molar-refractivity contribution < 1.29 is 49.0 Å². The van der Waals surface area contributed by atoms with Gasteiger partial charge in [-0.2, -0.15) is 0 Å². The van der Waals surface area contributed by atoms with Crippen molar-refractivity contribution in [2.24, 2.45) is 23.7 Å². The first kappa shape index (κ1) is 36.2. The summed E-state index contributed by atoms with van der Waals surface area (Å²) in [5.74, 6) is -3.16. The second-order valence-corrected chi connectivity index (χ2v) is 12.1. The third kappa shape index (κ3) is 9.51. The molecule has 2 aliphatic rings. The summed E-state index contributed by atoms with van der Waals surface area (Å²) >= 11 is 0. The van der Waals surface area contributed by atoms with Gasteiger partial charge in [0.1, 0.15) is 18.5 Å². The number of likely N-dealkylation sites (N-methyl/N-ethyl adjacent to an activating group) is 1. The van der Waals surface area contributed by atoms with Crippen molar-refractivity contribution in [1.82, 2.24) is 4.90 Å². The third-order valence-corrected chi connectivity index (χ3v) is 8.56. The molecule has 0 spiro atoms. The van der Waals surface area contributed by atoms with Crippen LogP contribution in [0, 0.1) is 23.7 Å². The Hall–Kier alpha value is -1.99. The summed E-state index contributed by atoms with van der Waals surface area (Å²) in [5, 5.41) is 43.0. The number of rotatable bonds is 7. The lowest BCUT2D eigenvalue weighted by molar-refractivity contribution is -0.304. The molecule has 0 amide bonds. The average molecular weight is 598 g/mol. The summed E-state index contributed by atoms with van der Waals surface area (Å²) in [6.45, 7) is 8.42. The number of aliphatic hydroxyl groups is 4. The summed E-state index contributed by atoms with van der Waals surface area (Å²) in [6, 6.07) is -0.711. The van der Waals surface area contributed by atoms with E-state index in [1.807, 2.05) is 6.92 Å². The van der Waals surface area contributed by atoms with E-state index in [1.165, 1.54) is 6.08 Å². The van der Waals surface area contributed by atoms with Gasteiger partial charge in [-0.25, -0.2) is 0 Å². The number of esters is 1. The van der Waals surface area contributed by atoms with Gasteiger partial charge in [0.05, 0.1) is 43.5 Å². The van der Waals surface area contributed by atoms with E-state index >= 15 is 0 Å². The van der Waals surface area contributed by atoms with E-state index in [4.69, 9.17) is 14.2 Å². The number of ketones is 1. The molecular weight excluding hydrogens is 546 g/mol. The number of cyclic esters (lactones) is 1. The standard InChI is InChI=1S/C31H51NO10/c1-8-25-22(16-34)13-17(2)9-10-23(35)18(3)14-21(11-12-33)30(19(4)24(36)15-26(37)41-25)42-31-29(39)27(32(6)7)28(38)20(5)40-31/h9-10,12-13,18-22,24-25,27-31,34,36,38-39H,8,11,14-16H2,1-7H3/b10-9-,17-13+/t18?,19?,20-,21?,22?,24?,25?,27+,28-,29-,30?,31+/m1/s1. The number of hydrogen-bond donors (Lipinski definition) is 4. The predicted molar refractivity (Wildman–Crippen MR) is 155 cm³/mol. The maximum Gasteiger partial charge on any atom is 0.308 e. The Kier molecular flexibility index (Phi) is 14.4. The van der Waals surface area contributed by atoms with Gasteiger partial charge in [0.15, 0.2) is 12.1 Å². The molecule has 1 fully saturated rings. The van der Waals surface area contributed by atoms with Gasteiger partial charge < -0.3 is 44.3 Å². The fourth-order valence-electron chi connectivity index (χ4n) is 5.93. The molecule has 0 aromatic rings. The summed E-state index contributed by atoms with van der Waals surface area (Å²) in [7, 11) is 3.43. The molecule has 0 aliphatic carbocycles. The topological polar surface area (TPSA) is 163 Å². The molecule has 0 aromatic carbocycles. The van der Waals surface area contributed by atoms with E-state index in [-0.39, 0.29) is 31.7 Å². The minimum absolute atomic E-state index is 0.000625. The fourth-order valence-corrected chi connectivity index (χ4v) is 5.93. The van der Waals surface area contributed by atoms with Crippen molar-refractivity contribution in [3.63, 3.8) is 0 Å². The summed E-state index contributed by atoms with van der Waals surface area (Å²) < 4.78 is 17.9. The van der Waals surface area contributed by atoms with Crippen LogP contribution in [0.15, 0.2) is 23.8 Å². The zero-order valence-electron chi connectivity index (χ0n) is 26.0. The van der Waals surface area contributed by atoms with Crippen molar-refractivity contribution in [3.05, 3.63) is 23.8 Å². The lowest BCUT2D eigenvalue weighted by Gasteiger charge is -2.46. The SMILES string of the molecule is CCC1OC(=O)CC(O)C(C)C(O[C@@H]2O[C@H](C)[C@@H](O)[C@H](N(C)C)[C@H]2O)C(CC=O)CC(C)C(=O)/C=C\C(C)=C\C1CO. The van der Waals surface area contributed by atoms with Gasteiger partial charge in [0.25, 0.3) is 0 Å². The minimum Gasteiger partial charge on any atom is -0.462 e. The van der Waals surface area contributed by atoms with E-state index in [1.54, 1.807) is 58.8 Å². The number of carbonyl (C=O) groups is 3. The second kappa shape index (κ2) is 16.7. The van der Waals surface area contributed by atoms with Crippen LogP contribution in [0.3, 0.4) is 0 Å². The Morgan fingerprint density at radius 2 is 1.76 bits per heavy atom. The summed E-state index contributed by atoms with van der Waals surface area (Å²) in [5.41, 5.74) is 0.714. The van der Waals surface area contributed by atoms with Gasteiger partial charge in [-0.1, -0.05) is 38.5 Å². The highest BCUT2D eigenvalue weighted by atomic mass is 16.7. The highest BCUT2D eigenvalue weighted by molar-refractivity contribution is 5.91. The van der Waals surface area contributed by atoms with Crippen LogP contribution in [0.4, 0.5) is 0 Å². The van der Waals surface area contributed by atoms with Crippen LogP contribution in [-0.2, 0) is 28.6 Å². The van der Waals surface area contributed by atoms with Crippen LogP contribution in [0.5, 0.6) is 0 Å². The quantitative estimate of drug-likeness (QED) is 0.248. The Labute approximate surface area is 249 Å². The van der Waals surface area contributed by atoms with Crippen LogP contribution in [0.1, 0.15) is 60.3 Å². The summed E-state index contributed by atoms with van der Waals surface area (Å²) in [4.78, 5) is 39.6. The zero-order valence-corrected chi connectivity index (χ0v) is 26.0. The highest BCUT2D eigenvalue weighted by Gasteiger charge is 2.47. The maximum atomic E-state index is 13.1. The molecule has 0 saturated carbocycles. The zero-order chi connectivity index (χ0) is 31.7. The molecule has 4 N–H and O–H groups in total. The second-order valence-electron chi connectivity index (χ2n) is 12.1. The first-order valence-electron chi connectivity index (χ1n) is 14.9. The van der Waals surface area contributed by atoms with E-state index in [2.05, 4.69) is 0 Å². The van der Waals surface area contributed by atoms with Crippen molar-refractivity contribution in [1.29, 1.82) is 0 Å². The number of aldehydes is 1. The first-order valence-corrected chi connectivity index (χ1v) is 14.9. The van der Waals surface area contributed by atoms with Gasteiger partial charge >= 0.3 is 5.97 Å². The normalized spacial score (nSPS) is 41.6. The van der Waals surface area contributed by atoms with Crippen molar-refractivity contribution in [2.45, 2.75) is 109 Å². The van der Waals surface area contributed by atoms with E-state index in [0.717, 1.165) is 6.29 Å². The van der Waals surface area contributed by atoms with Crippen LogP contribution in [0.2, 0.25) is 0 Å². The molecule has 12 atom stereocenters. The van der Waals surface area contributed by atoms with E-state index in [9.17, 15) is 34.8 Å². The smallest absolute Gasteiger partial charge is 0.308 e. The molecule has 11 nitrogen and oxygen atoms in total. The minimum atomic E-state index is -1.27. The van der Waals surface area contributed by atoms with Crippen molar-refractivity contribution >= 4 is 18.0 Å². The van der Waals surface area contributed by atoms with Gasteiger partial charge in [-0.3, -0.25) is 9.59 Å². The average Bonchev–Trinajstić information content (AvgIpc) is 2.93. The van der Waals surface area contributed by atoms with E-state index in [0.29, 0.717) is 12.0 Å². The Morgan fingerprint density at radius 3 is 2.33 bits per heavy atom. The number of ether oxygens (including phenoxy) is 3. The van der Waals surface area contributed by atoms with Gasteiger partial charge in [-0.05, 0) is 52.8 Å². The van der Waals surface area contributed by atoms with Crippen molar-refractivity contribution in [2.75, 3.05) is 20.7 Å². The molecule has 2 rings (SSSR count). The molecule has 2 heterocycles. The number of nitrogens with zero attached hydrogens (tertiary/aromatic N) is 1. The van der Waals surface area contributed by atoms with Gasteiger partial charge in [-0.15, -0.1) is 0 Å². The Balaban J connectivity index is 2.52. The first-order chi connectivity index (χ1) is 19.7. The molecule has 240 valence electrons. The summed E-state index contributed by atoms with van der Waals surface area (Å²) in [6.07, 6.45) is -1.12. The third-order valence-electron chi connectivity index (χ3n) is 8.56. The predicted octanol–water partition coefficient (Wildman–Crippen LogP) is 1.40. The number of hydrogen-bond acceptors (Lipinski definition) is 11. The van der Waals surface area contributed by atoms with Crippen LogP contribution >= 0.6 is 0 Å². The molecule has 0 radical (unpaired) electrons. The molecule has 11 heteroatoms. The van der Waals surface area contributed by atoms with Gasteiger partial charge in [0.2, 0.25) is 0 Å². The highest BCUT2D eigenvalue weighted by Crippen LogP contribution is 2.34.